The van der Waals surface area contributed by atoms with Crippen molar-refractivity contribution >= 4 is 43.6 Å². The maximum absolute atomic E-state index is 5.46. The molecule has 0 bridgehead atoms. The van der Waals surface area contributed by atoms with Crippen LogP contribution in [0.2, 0.25) is 0 Å². The Labute approximate surface area is 433 Å². The van der Waals surface area contributed by atoms with Crippen LogP contribution in [-0.2, 0) is 5.41 Å². The fraction of sp³-hybridized carbons (Fsp3) is 0.0143. The van der Waals surface area contributed by atoms with Gasteiger partial charge in [-0.1, -0.05) is 218 Å². The Morgan fingerprint density at radius 1 is 0.280 bits per heavy atom. The standard InChI is InChI=1S/C70H43N5/c1-3-17-44(18-4-1)45-33-35-48(36-34-45)68-71-67(47-19-5-2-6-20-47)72-69(73-68)55-25-16-27-59-65(55)56-43-49(46-37-40-50(41-38-46)74-61-29-11-7-21-51(61)52-22-8-12-30-62(52)74)39-42-57(56)70(59)58-26-10-14-32-64(58)75-63-31-13-9-23-53(63)54-24-15-28-60(70)66(54)75/h1-43H. The first kappa shape index (κ1) is 41.6. The van der Waals surface area contributed by atoms with Crippen LogP contribution >= 0.6 is 0 Å². The van der Waals surface area contributed by atoms with Crippen LogP contribution in [0.5, 0.6) is 0 Å². The monoisotopic (exact) mass is 953 g/mol. The number of nitrogens with zero attached hydrogens (tertiary/aromatic N) is 5. The van der Waals surface area contributed by atoms with Crippen LogP contribution in [-0.4, -0.2) is 24.1 Å². The molecule has 0 saturated heterocycles. The third kappa shape index (κ3) is 5.98. The van der Waals surface area contributed by atoms with E-state index in [0.717, 1.165) is 55.8 Å². The predicted octanol–water partition coefficient (Wildman–Crippen LogP) is 17.1. The summed E-state index contributed by atoms with van der Waals surface area (Å²) in [5.41, 5.74) is 21.1. The van der Waals surface area contributed by atoms with Crippen molar-refractivity contribution in [2.45, 2.75) is 5.41 Å². The SMILES string of the molecule is c1ccc(-c2ccc(-c3nc(-c4ccccc4)nc(-c4cccc5c4-c4cc(-c6ccc(-n7c8ccccc8c8ccccc87)cc6)ccc4C54c5ccccc5-n5c6ccccc6c6cccc4c65)n3)cc2)cc1. The van der Waals surface area contributed by atoms with Gasteiger partial charge in [0.15, 0.2) is 17.5 Å². The lowest BCUT2D eigenvalue weighted by molar-refractivity contribution is 0.748. The molecule has 1 aliphatic carbocycles. The molecule has 75 heavy (non-hydrogen) atoms. The van der Waals surface area contributed by atoms with Gasteiger partial charge in [-0.05, 0) is 98.1 Å². The second kappa shape index (κ2) is 16.0. The van der Waals surface area contributed by atoms with Crippen LogP contribution in [0.15, 0.2) is 261 Å². The molecule has 0 saturated carbocycles. The zero-order valence-corrected chi connectivity index (χ0v) is 40.6. The molecule has 0 amide bonds. The second-order valence-electron chi connectivity index (χ2n) is 19.8. The molecule has 1 aliphatic heterocycles. The van der Waals surface area contributed by atoms with Crippen LogP contribution in [0.25, 0.3) is 123 Å². The Hall–Kier alpha value is -9.97. The molecule has 14 aromatic rings. The molecule has 2 aliphatic rings. The summed E-state index contributed by atoms with van der Waals surface area (Å²) in [6.07, 6.45) is 0. The van der Waals surface area contributed by atoms with E-state index in [-0.39, 0.29) is 0 Å². The van der Waals surface area contributed by atoms with Gasteiger partial charge in [-0.2, -0.15) is 0 Å². The van der Waals surface area contributed by atoms with E-state index in [1.54, 1.807) is 0 Å². The molecule has 1 unspecified atom stereocenters. The lowest BCUT2D eigenvalue weighted by atomic mass is 9.65. The van der Waals surface area contributed by atoms with Crippen molar-refractivity contribution in [3.63, 3.8) is 0 Å². The molecule has 5 nitrogen and oxygen atoms in total. The predicted molar refractivity (Wildman–Crippen MR) is 307 cm³/mol. The normalized spacial score (nSPS) is 14.2. The molecule has 3 aromatic heterocycles. The first-order valence-corrected chi connectivity index (χ1v) is 25.7. The average Bonchev–Trinajstić information content (AvgIpc) is 4.32. The molecule has 0 fully saturated rings. The van der Waals surface area contributed by atoms with Crippen molar-refractivity contribution in [3.05, 3.63) is 283 Å². The molecule has 4 heterocycles. The first-order chi connectivity index (χ1) is 37.2. The van der Waals surface area contributed by atoms with Gasteiger partial charge in [0, 0.05) is 43.9 Å². The molecule has 0 radical (unpaired) electrons. The minimum Gasteiger partial charge on any atom is -0.309 e. The highest BCUT2D eigenvalue weighted by Gasteiger charge is 2.51. The van der Waals surface area contributed by atoms with Crippen LogP contribution < -0.4 is 0 Å². The number of rotatable bonds is 6. The third-order valence-corrected chi connectivity index (χ3v) is 16.0. The van der Waals surface area contributed by atoms with Crippen LogP contribution in [0.1, 0.15) is 22.3 Å². The first-order valence-electron chi connectivity index (χ1n) is 25.7. The van der Waals surface area contributed by atoms with E-state index in [4.69, 9.17) is 15.0 Å². The van der Waals surface area contributed by atoms with Crippen molar-refractivity contribution in [1.82, 2.24) is 24.1 Å². The van der Waals surface area contributed by atoms with Gasteiger partial charge < -0.3 is 9.13 Å². The number of para-hydroxylation sites is 5. The minimum absolute atomic E-state index is 0.624. The molecule has 11 aromatic carbocycles. The van der Waals surface area contributed by atoms with Crippen LogP contribution in [0.4, 0.5) is 0 Å². The fourth-order valence-electron chi connectivity index (χ4n) is 12.8. The van der Waals surface area contributed by atoms with Gasteiger partial charge in [0.25, 0.3) is 0 Å². The van der Waals surface area contributed by atoms with Gasteiger partial charge in [-0.15, -0.1) is 0 Å². The largest absolute Gasteiger partial charge is 0.309 e. The topological polar surface area (TPSA) is 48.5 Å². The molecule has 0 N–H and O–H groups in total. The summed E-state index contributed by atoms with van der Waals surface area (Å²) in [5.74, 6) is 1.88. The molecular weight excluding hydrogens is 911 g/mol. The van der Waals surface area contributed by atoms with Gasteiger partial charge >= 0.3 is 0 Å². The average molecular weight is 954 g/mol. The van der Waals surface area contributed by atoms with Crippen molar-refractivity contribution in [3.8, 4) is 78.9 Å². The Morgan fingerprint density at radius 3 is 1.45 bits per heavy atom. The maximum atomic E-state index is 5.46. The zero-order valence-electron chi connectivity index (χ0n) is 40.6. The Kier molecular flexibility index (Phi) is 8.89. The minimum atomic E-state index is -0.675. The van der Waals surface area contributed by atoms with Crippen molar-refractivity contribution in [2.75, 3.05) is 0 Å². The van der Waals surface area contributed by atoms with Crippen LogP contribution in [0.3, 0.4) is 0 Å². The molecule has 1 atom stereocenters. The Morgan fingerprint density at radius 2 is 0.747 bits per heavy atom. The Balaban J connectivity index is 0.944. The fourth-order valence-corrected chi connectivity index (χ4v) is 12.8. The van der Waals surface area contributed by atoms with Crippen LogP contribution in [0, 0.1) is 0 Å². The second-order valence-corrected chi connectivity index (χ2v) is 19.8. The smallest absolute Gasteiger partial charge is 0.164 e. The molecule has 5 heteroatoms. The van der Waals surface area contributed by atoms with Gasteiger partial charge in [-0.3, -0.25) is 0 Å². The van der Waals surface area contributed by atoms with Crippen molar-refractivity contribution in [2.24, 2.45) is 0 Å². The third-order valence-electron chi connectivity index (χ3n) is 16.0. The van der Waals surface area contributed by atoms with Gasteiger partial charge in [0.2, 0.25) is 0 Å². The van der Waals surface area contributed by atoms with E-state index in [9.17, 15) is 0 Å². The molecule has 348 valence electrons. The lowest BCUT2D eigenvalue weighted by Crippen LogP contribution is -2.33. The zero-order chi connectivity index (χ0) is 49.2. The summed E-state index contributed by atoms with van der Waals surface area (Å²) in [6.45, 7) is 0. The number of benzene rings is 11. The summed E-state index contributed by atoms with van der Waals surface area (Å²) < 4.78 is 4.89. The van der Waals surface area contributed by atoms with E-state index in [1.165, 1.54) is 71.6 Å². The molecule has 1 spiro atoms. The molecule has 16 rings (SSSR count). The number of hydrogen-bond acceptors (Lipinski definition) is 3. The Bertz CT molecular complexity index is 4570. The summed E-state index contributed by atoms with van der Waals surface area (Å²) in [4.78, 5) is 16.1. The van der Waals surface area contributed by atoms with Gasteiger partial charge in [0.1, 0.15) is 0 Å². The number of fused-ring (bicyclic) bond motifs is 15. The molecular formula is C70H43N5. The van der Waals surface area contributed by atoms with Gasteiger partial charge in [-0.25, -0.2) is 15.0 Å². The summed E-state index contributed by atoms with van der Waals surface area (Å²) in [5, 5.41) is 5.00. The summed E-state index contributed by atoms with van der Waals surface area (Å²) >= 11 is 0. The quantitative estimate of drug-likeness (QED) is 0.167. The highest BCUT2D eigenvalue weighted by atomic mass is 15.0. The van der Waals surface area contributed by atoms with E-state index < -0.39 is 5.41 Å². The number of hydrogen-bond donors (Lipinski definition) is 0. The number of aromatic nitrogens is 5. The van der Waals surface area contributed by atoms with E-state index in [0.29, 0.717) is 17.5 Å². The highest BCUT2D eigenvalue weighted by Crippen LogP contribution is 2.63. The van der Waals surface area contributed by atoms with E-state index in [1.807, 2.05) is 18.2 Å². The highest BCUT2D eigenvalue weighted by molar-refractivity contribution is 6.13. The summed E-state index contributed by atoms with van der Waals surface area (Å²) in [6, 6.07) is 94.6. The summed E-state index contributed by atoms with van der Waals surface area (Å²) in [7, 11) is 0. The maximum Gasteiger partial charge on any atom is 0.164 e. The van der Waals surface area contributed by atoms with Gasteiger partial charge in [0.05, 0.1) is 33.2 Å². The van der Waals surface area contributed by atoms with Crippen molar-refractivity contribution < 1.29 is 0 Å². The van der Waals surface area contributed by atoms with Crippen molar-refractivity contribution in [1.29, 1.82) is 0 Å². The lowest BCUT2D eigenvalue weighted by Gasteiger charge is -2.39. The van der Waals surface area contributed by atoms with E-state index in [2.05, 4.69) is 252 Å². The van der Waals surface area contributed by atoms with E-state index >= 15 is 0 Å².